The van der Waals surface area contributed by atoms with Crippen LogP contribution in [0.15, 0.2) is 48.9 Å². The molecule has 2 amide bonds. The molecule has 2 saturated heterocycles. The number of ether oxygens (including phenoxy) is 1. The maximum absolute atomic E-state index is 14.8. The predicted molar refractivity (Wildman–Crippen MR) is 158 cm³/mol. The molecule has 10 nitrogen and oxygen atoms in total. The quantitative estimate of drug-likeness (QED) is 0.336. The second-order valence-corrected chi connectivity index (χ2v) is 10.7. The Morgan fingerprint density at radius 2 is 1.86 bits per heavy atom. The fraction of sp³-hybridized carbons (Fsp3) is 0.355. The minimum Gasteiger partial charge on any atom is -0.494 e. The van der Waals surface area contributed by atoms with E-state index in [0.717, 1.165) is 24.9 Å². The van der Waals surface area contributed by atoms with Crippen LogP contribution in [0, 0.1) is 11.6 Å². The van der Waals surface area contributed by atoms with Crippen molar-refractivity contribution in [1.82, 2.24) is 29.5 Å². The van der Waals surface area contributed by atoms with Gasteiger partial charge in [-0.05, 0) is 61.7 Å². The third-order valence-electron chi connectivity index (χ3n) is 8.19. The second kappa shape index (κ2) is 12.0. The van der Waals surface area contributed by atoms with Gasteiger partial charge in [0.15, 0.2) is 23.0 Å². The minimum absolute atomic E-state index is 0.0412. The molecule has 0 saturated carbocycles. The number of hydrogen-bond donors (Lipinski definition) is 2. The fourth-order valence-electron chi connectivity index (χ4n) is 5.82. The van der Waals surface area contributed by atoms with Crippen molar-refractivity contribution in [2.45, 2.75) is 32.2 Å². The van der Waals surface area contributed by atoms with Crippen molar-refractivity contribution >= 4 is 29.0 Å². The lowest BCUT2D eigenvalue weighted by Crippen LogP contribution is -2.54. The van der Waals surface area contributed by atoms with E-state index in [9.17, 15) is 18.4 Å². The highest BCUT2D eigenvalue weighted by Crippen LogP contribution is 2.32. The highest BCUT2D eigenvalue weighted by atomic mass is 19.2. The lowest BCUT2D eigenvalue weighted by Gasteiger charge is -2.36. The van der Waals surface area contributed by atoms with E-state index in [1.165, 1.54) is 25.4 Å². The van der Waals surface area contributed by atoms with E-state index in [0.29, 0.717) is 61.0 Å². The first kappa shape index (κ1) is 28.5. The third-order valence-corrected chi connectivity index (χ3v) is 8.19. The fourth-order valence-corrected chi connectivity index (χ4v) is 5.82. The summed E-state index contributed by atoms with van der Waals surface area (Å²) in [4.78, 5) is 38.7. The topological polar surface area (TPSA) is 104 Å². The number of hydrogen-bond acceptors (Lipinski definition) is 7. The number of anilines is 2. The van der Waals surface area contributed by atoms with Gasteiger partial charge in [0.25, 0.3) is 5.91 Å². The second-order valence-electron chi connectivity index (χ2n) is 10.7. The molecule has 2 aromatic carbocycles. The summed E-state index contributed by atoms with van der Waals surface area (Å²) in [6, 6.07) is 8.24. The summed E-state index contributed by atoms with van der Waals surface area (Å²) in [5.74, 6) is -1.78. The van der Waals surface area contributed by atoms with Crippen LogP contribution in [0.3, 0.4) is 0 Å². The van der Waals surface area contributed by atoms with E-state index < -0.39 is 11.6 Å². The molecule has 0 radical (unpaired) electrons. The molecule has 224 valence electrons. The van der Waals surface area contributed by atoms with Crippen molar-refractivity contribution in [3.05, 3.63) is 71.7 Å². The smallest absolute Gasteiger partial charge is 0.254 e. The van der Waals surface area contributed by atoms with Crippen molar-refractivity contribution in [1.29, 1.82) is 0 Å². The van der Waals surface area contributed by atoms with E-state index in [1.54, 1.807) is 22.9 Å². The van der Waals surface area contributed by atoms with Crippen molar-refractivity contribution in [3.63, 3.8) is 0 Å². The van der Waals surface area contributed by atoms with Crippen LogP contribution in [0.25, 0.3) is 16.9 Å². The zero-order chi connectivity index (χ0) is 30.1. The number of carbonyl (C=O) groups is 2. The van der Waals surface area contributed by atoms with Crippen LogP contribution in [0.1, 0.15) is 35.7 Å². The Labute approximate surface area is 247 Å². The monoisotopic (exact) mass is 589 g/mol. The van der Waals surface area contributed by atoms with E-state index in [-0.39, 0.29) is 29.2 Å². The van der Waals surface area contributed by atoms with Crippen LogP contribution >= 0.6 is 0 Å². The normalized spacial score (nSPS) is 17.0. The van der Waals surface area contributed by atoms with Crippen LogP contribution < -0.4 is 15.4 Å². The highest BCUT2D eigenvalue weighted by Gasteiger charge is 2.31. The van der Waals surface area contributed by atoms with Crippen molar-refractivity contribution < 1.29 is 23.1 Å². The molecule has 2 aromatic heterocycles. The van der Waals surface area contributed by atoms with E-state index in [1.807, 2.05) is 28.9 Å². The number of nitrogens with zero attached hydrogens (tertiary/aromatic N) is 5. The molecular formula is C31H33F2N7O3. The molecule has 4 heterocycles. The Hall–Kier alpha value is -4.58. The van der Waals surface area contributed by atoms with Gasteiger partial charge >= 0.3 is 0 Å². The molecule has 1 atom stereocenters. The third kappa shape index (κ3) is 5.38. The van der Waals surface area contributed by atoms with E-state index >= 15 is 0 Å². The molecule has 4 aromatic rings. The van der Waals surface area contributed by atoms with Gasteiger partial charge in [0.1, 0.15) is 0 Å². The standard InChI is InChI=1S/C31H33F2N7O3/c1-3-19-17-20(6-7-21(19)30(41)38-13-15-39(16-14-38)31(42)23-5-4-10-34-23)37-28-29-36-18-24(40(29)12-11-35-28)22-8-9-25(43-2)27(33)26(22)32/h6-9,11-12,17-18,23,34H,3-5,10,13-16H2,1-2H3,(H,35,37). The largest absolute Gasteiger partial charge is 0.494 e. The number of aromatic nitrogens is 3. The highest BCUT2D eigenvalue weighted by molar-refractivity contribution is 5.96. The van der Waals surface area contributed by atoms with Gasteiger partial charge in [0.2, 0.25) is 11.7 Å². The Morgan fingerprint density at radius 3 is 2.58 bits per heavy atom. The number of carbonyl (C=O) groups excluding carboxylic acids is 2. The summed E-state index contributed by atoms with van der Waals surface area (Å²) in [6.07, 6.45) is 7.15. The lowest BCUT2D eigenvalue weighted by molar-refractivity contribution is -0.134. The Bertz CT molecular complexity index is 1680. The summed E-state index contributed by atoms with van der Waals surface area (Å²) in [7, 11) is 1.28. The van der Waals surface area contributed by atoms with Crippen LogP contribution in [-0.2, 0) is 11.2 Å². The summed E-state index contributed by atoms with van der Waals surface area (Å²) in [5, 5.41) is 6.52. The van der Waals surface area contributed by atoms with Crippen LogP contribution in [-0.4, -0.2) is 81.9 Å². The maximum atomic E-state index is 14.8. The van der Waals surface area contributed by atoms with Gasteiger partial charge in [-0.25, -0.2) is 14.4 Å². The molecule has 1 unspecified atom stereocenters. The number of amides is 2. The van der Waals surface area contributed by atoms with Crippen molar-refractivity contribution in [2.75, 3.05) is 45.2 Å². The molecular weight excluding hydrogens is 556 g/mol. The molecule has 2 aliphatic rings. The average Bonchev–Trinajstić information content (AvgIpc) is 3.73. The molecule has 12 heteroatoms. The number of aryl methyl sites for hydroxylation is 1. The Kier molecular flexibility index (Phi) is 7.94. The Morgan fingerprint density at radius 1 is 1.07 bits per heavy atom. The number of fused-ring (bicyclic) bond motifs is 1. The molecule has 0 aliphatic carbocycles. The summed E-state index contributed by atoms with van der Waals surface area (Å²) in [6.45, 7) is 4.90. The van der Waals surface area contributed by atoms with Gasteiger partial charge in [-0.2, -0.15) is 4.39 Å². The minimum atomic E-state index is -1.07. The molecule has 2 aliphatic heterocycles. The molecule has 0 bridgehead atoms. The molecule has 2 N–H and O–H groups in total. The van der Waals surface area contributed by atoms with Gasteiger partial charge in [-0.15, -0.1) is 0 Å². The molecule has 2 fully saturated rings. The van der Waals surface area contributed by atoms with Crippen LogP contribution in [0.2, 0.25) is 0 Å². The van der Waals surface area contributed by atoms with Crippen LogP contribution in [0.4, 0.5) is 20.3 Å². The SMILES string of the molecule is CCc1cc(Nc2nccn3c(-c4ccc(OC)c(F)c4F)cnc23)ccc1C(=O)N1CCN(C(=O)C2CCCN2)CC1. The molecule has 6 rings (SSSR count). The predicted octanol–water partition coefficient (Wildman–Crippen LogP) is 4.03. The van der Waals surface area contributed by atoms with Crippen LogP contribution in [0.5, 0.6) is 5.75 Å². The van der Waals surface area contributed by atoms with Crippen molar-refractivity contribution in [3.8, 4) is 17.0 Å². The van der Waals surface area contributed by atoms with E-state index in [4.69, 9.17) is 4.74 Å². The first-order valence-corrected chi connectivity index (χ1v) is 14.5. The lowest BCUT2D eigenvalue weighted by atomic mass is 10.0. The average molecular weight is 590 g/mol. The van der Waals surface area contributed by atoms with Gasteiger partial charge in [-0.3, -0.25) is 14.0 Å². The summed E-state index contributed by atoms with van der Waals surface area (Å²) in [5.41, 5.74) is 3.02. The van der Waals surface area contributed by atoms with Crippen molar-refractivity contribution in [2.24, 2.45) is 0 Å². The van der Waals surface area contributed by atoms with Gasteiger partial charge in [0.05, 0.1) is 25.0 Å². The number of rotatable bonds is 7. The number of piperazine rings is 1. The van der Waals surface area contributed by atoms with E-state index in [2.05, 4.69) is 20.6 Å². The number of nitrogens with one attached hydrogen (secondary N) is 2. The van der Waals surface area contributed by atoms with Gasteiger partial charge in [-0.1, -0.05) is 6.92 Å². The zero-order valence-electron chi connectivity index (χ0n) is 24.1. The first-order valence-electron chi connectivity index (χ1n) is 14.5. The number of halogens is 2. The number of imidazole rings is 1. The molecule has 43 heavy (non-hydrogen) atoms. The maximum Gasteiger partial charge on any atom is 0.254 e. The summed E-state index contributed by atoms with van der Waals surface area (Å²) >= 11 is 0. The van der Waals surface area contributed by atoms with Gasteiger partial charge in [0, 0.05) is 55.4 Å². The Balaban J connectivity index is 1.19. The number of benzene rings is 2. The molecule has 0 spiro atoms. The zero-order valence-corrected chi connectivity index (χ0v) is 24.1. The number of methoxy groups -OCH3 is 1. The first-order chi connectivity index (χ1) is 20.9. The summed E-state index contributed by atoms with van der Waals surface area (Å²) < 4.78 is 35.8. The van der Waals surface area contributed by atoms with Gasteiger partial charge < -0.3 is 25.2 Å².